The second kappa shape index (κ2) is 7.23. The zero-order valence-electron chi connectivity index (χ0n) is 15.7. The molecule has 0 radical (unpaired) electrons. The Morgan fingerprint density at radius 1 is 1.12 bits per heavy atom. The number of ether oxygens (including phenoxy) is 1. The van der Waals surface area contributed by atoms with E-state index < -0.39 is 0 Å². The van der Waals surface area contributed by atoms with Crippen LogP contribution in [0.5, 0.6) is 0 Å². The van der Waals surface area contributed by atoms with E-state index in [1.165, 1.54) is 24.9 Å². The molecule has 0 spiro atoms. The Morgan fingerprint density at radius 2 is 1.92 bits per heavy atom. The van der Waals surface area contributed by atoms with Crippen LogP contribution in [-0.4, -0.2) is 74.9 Å². The number of hydrogen-bond donors (Lipinski definition) is 0. The van der Waals surface area contributed by atoms with Crippen molar-refractivity contribution in [2.75, 3.05) is 63.8 Å². The first-order valence-corrected chi connectivity index (χ1v) is 9.00. The van der Waals surface area contributed by atoms with Gasteiger partial charge in [-0.2, -0.15) is 4.98 Å². The third-order valence-electron chi connectivity index (χ3n) is 5.46. The first kappa shape index (κ1) is 17.4. The summed E-state index contributed by atoms with van der Waals surface area (Å²) >= 11 is 0. The van der Waals surface area contributed by atoms with Crippen molar-refractivity contribution in [2.45, 2.75) is 32.7 Å². The zero-order valence-corrected chi connectivity index (χ0v) is 15.7. The number of hydrogen-bond acceptors (Lipinski definition) is 6. The Kier molecular flexibility index (Phi) is 5.25. The summed E-state index contributed by atoms with van der Waals surface area (Å²) in [5, 5.41) is 0. The van der Waals surface area contributed by atoms with Gasteiger partial charge in [0.1, 0.15) is 5.82 Å². The van der Waals surface area contributed by atoms with Gasteiger partial charge in [-0.3, -0.25) is 4.90 Å². The number of piperidine rings is 1. The molecule has 3 aliphatic heterocycles. The molecule has 0 N–H and O–H groups in total. The third kappa shape index (κ3) is 3.49. The fourth-order valence-corrected chi connectivity index (χ4v) is 3.94. The van der Waals surface area contributed by atoms with Gasteiger partial charge in [-0.05, 0) is 32.6 Å². The molecule has 0 saturated carbocycles. The van der Waals surface area contributed by atoms with Gasteiger partial charge in [0.25, 0.3) is 0 Å². The molecule has 1 aromatic rings. The lowest BCUT2D eigenvalue weighted by Gasteiger charge is -2.35. The molecule has 4 rings (SSSR count). The fourth-order valence-electron chi connectivity index (χ4n) is 3.94. The smallest absolute Gasteiger partial charge is 0.227 e. The van der Waals surface area contributed by atoms with Crippen molar-refractivity contribution in [3.8, 4) is 0 Å². The first-order chi connectivity index (χ1) is 11.5. The lowest BCUT2D eigenvalue weighted by atomic mass is 9.95. The van der Waals surface area contributed by atoms with Crippen LogP contribution in [0, 0.1) is 19.8 Å². The normalized spacial score (nSPS) is 24.3. The highest BCUT2D eigenvalue weighted by atomic mass is 16.5. The topological polar surface area (TPSA) is 44.7 Å². The molecule has 0 aliphatic carbocycles. The molecule has 3 aliphatic rings. The lowest BCUT2D eigenvalue weighted by molar-refractivity contribution is 0.0889. The molecule has 2 bridgehead atoms. The maximum absolute atomic E-state index is 5.30. The van der Waals surface area contributed by atoms with Crippen molar-refractivity contribution in [3.05, 3.63) is 11.3 Å². The van der Waals surface area contributed by atoms with Crippen LogP contribution in [0.4, 0.5) is 11.8 Å². The highest BCUT2D eigenvalue weighted by Gasteiger charge is 2.35. The number of anilines is 2. The maximum Gasteiger partial charge on any atom is 0.227 e. The predicted octanol–water partition coefficient (Wildman–Crippen LogP) is 1.71. The second-order valence-corrected chi connectivity index (χ2v) is 7.44. The van der Waals surface area contributed by atoms with Crippen LogP contribution >= 0.6 is 0 Å². The largest absolute Gasteiger partial charge is 0.383 e. The van der Waals surface area contributed by atoms with E-state index in [1.807, 2.05) is 19.0 Å². The molecule has 6 nitrogen and oxygen atoms in total. The number of nitrogens with zero attached hydrogens (tertiary/aromatic N) is 5. The van der Waals surface area contributed by atoms with Gasteiger partial charge in [0.2, 0.25) is 5.95 Å². The highest BCUT2D eigenvalue weighted by Crippen LogP contribution is 2.32. The van der Waals surface area contributed by atoms with Crippen molar-refractivity contribution < 1.29 is 4.74 Å². The second-order valence-electron chi connectivity index (χ2n) is 7.44. The van der Waals surface area contributed by atoms with E-state index in [0.29, 0.717) is 6.04 Å². The molecule has 0 amide bonds. The van der Waals surface area contributed by atoms with Gasteiger partial charge in [-0.15, -0.1) is 0 Å². The van der Waals surface area contributed by atoms with E-state index in [9.17, 15) is 0 Å². The van der Waals surface area contributed by atoms with Gasteiger partial charge in [0, 0.05) is 64.7 Å². The van der Waals surface area contributed by atoms with Crippen LogP contribution < -0.4 is 9.80 Å². The summed E-state index contributed by atoms with van der Waals surface area (Å²) in [6.45, 7) is 9.45. The van der Waals surface area contributed by atoms with E-state index in [-0.39, 0.29) is 0 Å². The highest BCUT2D eigenvalue weighted by molar-refractivity contribution is 5.52. The molecule has 4 heterocycles. The summed E-state index contributed by atoms with van der Waals surface area (Å²) in [5.41, 5.74) is 2.29. The van der Waals surface area contributed by atoms with Crippen molar-refractivity contribution in [1.82, 2.24) is 14.9 Å². The molecule has 134 valence electrons. The summed E-state index contributed by atoms with van der Waals surface area (Å²) in [4.78, 5) is 16.6. The molecule has 2 atom stereocenters. The summed E-state index contributed by atoms with van der Waals surface area (Å²) in [7, 11) is 5.80. The number of aromatic nitrogens is 2. The molecule has 0 unspecified atom stereocenters. The average Bonchev–Trinajstić information content (AvgIpc) is 2.86. The Hall–Kier alpha value is -1.40. The van der Waals surface area contributed by atoms with Crippen molar-refractivity contribution in [3.63, 3.8) is 0 Å². The van der Waals surface area contributed by atoms with E-state index in [1.54, 1.807) is 7.11 Å². The zero-order chi connectivity index (χ0) is 17.3. The number of methoxy groups -OCH3 is 1. The number of fused-ring (bicyclic) bond motifs is 4. The van der Waals surface area contributed by atoms with Crippen LogP contribution in [0.25, 0.3) is 0 Å². The lowest BCUT2D eigenvalue weighted by Crippen LogP contribution is -2.45. The molecule has 24 heavy (non-hydrogen) atoms. The van der Waals surface area contributed by atoms with Gasteiger partial charge < -0.3 is 14.5 Å². The molecule has 1 aromatic heterocycles. The van der Waals surface area contributed by atoms with E-state index >= 15 is 0 Å². The Bertz CT molecular complexity index is 577. The molecule has 3 fully saturated rings. The Balaban J connectivity index is 1.86. The summed E-state index contributed by atoms with van der Waals surface area (Å²) in [6, 6.07) is 0.608. The van der Waals surface area contributed by atoms with Gasteiger partial charge in [-0.1, -0.05) is 0 Å². The van der Waals surface area contributed by atoms with Crippen LogP contribution in [0.2, 0.25) is 0 Å². The van der Waals surface area contributed by atoms with E-state index in [2.05, 4.69) is 28.6 Å². The van der Waals surface area contributed by atoms with Crippen LogP contribution in [0.15, 0.2) is 0 Å². The molecule has 6 heteroatoms. The fraction of sp³-hybridized carbons (Fsp3) is 0.778. The minimum Gasteiger partial charge on any atom is -0.383 e. The SMILES string of the molecule is COCCN1C[C@H]2CC[C@@H]1CN(c1nc(N(C)C)nc(C)c1C)C2. The Morgan fingerprint density at radius 3 is 2.62 bits per heavy atom. The molecule has 3 saturated heterocycles. The standard InChI is InChI=1S/C18H31N5O/c1-13-14(2)19-18(21(3)4)20-17(13)23-11-15-6-7-16(12-23)22(10-15)8-9-24-5/h15-16H,6-12H2,1-5H3/t15-,16-/m1/s1. The third-order valence-corrected chi connectivity index (χ3v) is 5.46. The van der Waals surface area contributed by atoms with Gasteiger partial charge >= 0.3 is 0 Å². The number of rotatable bonds is 5. The van der Waals surface area contributed by atoms with E-state index in [0.717, 1.165) is 49.6 Å². The minimum absolute atomic E-state index is 0.608. The predicted molar refractivity (Wildman–Crippen MR) is 98.0 cm³/mol. The Labute approximate surface area is 145 Å². The van der Waals surface area contributed by atoms with Crippen LogP contribution in [0.1, 0.15) is 24.1 Å². The minimum atomic E-state index is 0.608. The summed E-state index contributed by atoms with van der Waals surface area (Å²) in [5.74, 6) is 2.65. The van der Waals surface area contributed by atoms with Gasteiger partial charge in [0.05, 0.1) is 6.61 Å². The molecular formula is C18H31N5O. The van der Waals surface area contributed by atoms with E-state index in [4.69, 9.17) is 9.72 Å². The van der Waals surface area contributed by atoms with Crippen molar-refractivity contribution in [1.29, 1.82) is 0 Å². The van der Waals surface area contributed by atoms with Crippen LogP contribution in [-0.2, 0) is 4.74 Å². The molecular weight excluding hydrogens is 302 g/mol. The van der Waals surface area contributed by atoms with Crippen LogP contribution in [0.3, 0.4) is 0 Å². The van der Waals surface area contributed by atoms with Crippen molar-refractivity contribution >= 4 is 11.8 Å². The summed E-state index contributed by atoms with van der Waals surface area (Å²) < 4.78 is 5.30. The maximum atomic E-state index is 5.30. The average molecular weight is 333 g/mol. The quantitative estimate of drug-likeness (QED) is 0.817. The molecule has 0 aromatic carbocycles. The summed E-state index contributed by atoms with van der Waals surface area (Å²) in [6.07, 6.45) is 2.61. The first-order valence-electron chi connectivity index (χ1n) is 9.00. The van der Waals surface area contributed by atoms with Gasteiger partial charge in [-0.25, -0.2) is 4.98 Å². The van der Waals surface area contributed by atoms with Crippen molar-refractivity contribution in [2.24, 2.45) is 5.92 Å². The van der Waals surface area contributed by atoms with Gasteiger partial charge in [0.15, 0.2) is 0 Å². The number of aryl methyl sites for hydroxylation is 1. The monoisotopic (exact) mass is 333 g/mol.